The Balaban J connectivity index is 2.30. The molecule has 0 aliphatic rings. The Morgan fingerprint density at radius 2 is 1.95 bits per heavy atom. The summed E-state index contributed by atoms with van der Waals surface area (Å²) in [5, 5.41) is 0. The van der Waals surface area contributed by atoms with Crippen molar-refractivity contribution in [3.63, 3.8) is 0 Å². The van der Waals surface area contributed by atoms with E-state index in [1.54, 1.807) is 18.2 Å². The maximum atomic E-state index is 13.8. The lowest BCUT2D eigenvalue weighted by atomic mass is 10.3. The van der Waals surface area contributed by atoms with Gasteiger partial charge in [-0.3, -0.25) is 4.72 Å². The zero-order chi connectivity index (χ0) is 15.5. The van der Waals surface area contributed by atoms with Gasteiger partial charge in [-0.15, -0.1) is 0 Å². The number of benzene rings is 1. The van der Waals surface area contributed by atoms with E-state index in [-0.39, 0.29) is 10.5 Å². The van der Waals surface area contributed by atoms with Crippen LogP contribution in [0, 0.1) is 5.82 Å². The topological polar surface area (TPSA) is 85.4 Å². The van der Waals surface area contributed by atoms with Crippen molar-refractivity contribution in [3.8, 4) is 0 Å². The van der Waals surface area contributed by atoms with Crippen LogP contribution in [0.4, 0.5) is 10.2 Å². The number of hydrogen-bond acceptors (Lipinski definition) is 5. The minimum Gasteiger partial charge on any atom is -0.465 e. The van der Waals surface area contributed by atoms with Gasteiger partial charge in [-0.05, 0) is 18.2 Å². The molecule has 1 aromatic carbocycles. The molecule has 0 unspecified atom stereocenters. The van der Waals surface area contributed by atoms with Crippen molar-refractivity contribution in [3.05, 3.63) is 54.0 Å². The fourth-order valence-corrected chi connectivity index (χ4v) is 2.57. The molecule has 21 heavy (non-hydrogen) atoms. The van der Waals surface area contributed by atoms with E-state index in [1.165, 1.54) is 12.1 Å². The Labute approximate surface area is 120 Å². The third-order valence-corrected chi connectivity index (χ3v) is 3.90. The summed E-state index contributed by atoms with van der Waals surface area (Å²) < 4.78 is 44.3. The van der Waals surface area contributed by atoms with Gasteiger partial charge in [0.2, 0.25) is 0 Å². The first-order valence-corrected chi connectivity index (χ1v) is 7.24. The summed E-state index contributed by atoms with van der Waals surface area (Å²) in [5.41, 5.74) is -0.113. The summed E-state index contributed by atoms with van der Waals surface area (Å²) in [6.07, 6.45) is 1.03. The molecule has 2 rings (SSSR count). The normalized spacial score (nSPS) is 11.0. The standard InChI is InChI=1S/C13H11FN2O4S/c1-20-13(17)9-7-11(14)12(15-8-9)16-21(18,19)10-5-3-2-4-6-10/h2-8H,1H3,(H,15,16). The van der Waals surface area contributed by atoms with Crippen molar-refractivity contribution in [2.24, 2.45) is 0 Å². The second-order valence-corrected chi connectivity index (χ2v) is 5.65. The number of nitrogens with one attached hydrogen (secondary N) is 1. The Hall–Kier alpha value is -2.48. The molecule has 6 nitrogen and oxygen atoms in total. The number of rotatable bonds is 4. The van der Waals surface area contributed by atoms with Crippen molar-refractivity contribution in [2.75, 3.05) is 11.8 Å². The van der Waals surface area contributed by atoms with Crippen LogP contribution in [-0.2, 0) is 14.8 Å². The highest BCUT2D eigenvalue weighted by Crippen LogP contribution is 2.17. The fraction of sp³-hybridized carbons (Fsp3) is 0.0769. The zero-order valence-electron chi connectivity index (χ0n) is 10.9. The van der Waals surface area contributed by atoms with E-state index in [2.05, 4.69) is 9.72 Å². The summed E-state index contributed by atoms with van der Waals surface area (Å²) >= 11 is 0. The third-order valence-electron chi connectivity index (χ3n) is 2.55. The predicted molar refractivity (Wildman–Crippen MR) is 72.8 cm³/mol. The van der Waals surface area contributed by atoms with Crippen LogP contribution in [0.2, 0.25) is 0 Å². The number of ether oxygens (including phenoxy) is 1. The van der Waals surface area contributed by atoms with E-state index >= 15 is 0 Å². The van der Waals surface area contributed by atoms with Gasteiger partial charge in [-0.1, -0.05) is 18.2 Å². The van der Waals surface area contributed by atoms with Crippen LogP contribution in [0.15, 0.2) is 47.5 Å². The average Bonchev–Trinajstić information content (AvgIpc) is 2.49. The van der Waals surface area contributed by atoms with Gasteiger partial charge in [-0.2, -0.15) is 0 Å². The van der Waals surface area contributed by atoms with Gasteiger partial charge in [0, 0.05) is 6.20 Å². The van der Waals surface area contributed by atoms with Gasteiger partial charge in [0.15, 0.2) is 11.6 Å². The molecule has 0 spiro atoms. The van der Waals surface area contributed by atoms with Gasteiger partial charge in [0.05, 0.1) is 17.6 Å². The molecule has 1 N–H and O–H groups in total. The number of carbonyl (C=O) groups is 1. The maximum absolute atomic E-state index is 13.8. The Morgan fingerprint density at radius 3 is 2.52 bits per heavy atom. The quantitative estimate of drug-likeness (QED) is 0.870. The van der Waals surface area contributed by atoms with Crippen molar-refractivity contribution in [1.82, 2.24) is 4.98 Å². The Kier molecular flexibility index (Phi) is 4.18. The SMILES string of the molecule is COC(=O)c1cnc(NS(=O)(=O)c2ccccc2)c(F)c1. The molecule has 8 heteroatoms. The van der Waals surface area contributed by atoms with Gasteiger partial charge >= 0.3 is 5.97 Å². The number of halogens is 1. The third kappa shape index (κ3) is 3.34. The Bertz CT molecular complexity index is 763. The van der Waals surface area contributed by atoms with E-state index in [0.29, 0.717) is 0 Å². The van der Waals surface area contributed by atoms with Crippen molar-refractivity contribution < 1.29 is 22.3 Å². The van der Waals surface area contributed by atoms with Crippen LogP contribution >= 0.6 is 0 Å². The lowest BCUT2D eigenvalue weighted by Gasteiger charge is -2.08. The second-order valence-electron chi connectivity index (χ2n) is 3.96. The fourth-order valence-electron chi connectivity index (χ4n) is 1.53. The molecule has 0 saturated heterocycles. The number of methoxy groups -OCH3 is 1. The van der Waals surface area contributed by atoms with Crippen LogP contribution in [0.1, 0.15) is 10.4 Å². The number of aromatic nitrogens is 1. The average molecular weight is 310 g/mol. The highest BCUT2D eigenvalue weighted by Gasteiger charge is 2.18. The lowest BCUT2D eigenvalue weighted by Crippen LogP contribution is -2.15. The number of nitrogens with zero attached hydrogens (tertiary/aromatic N) is 1. The first-order chi connectivity index (χ1) is 9.94. The molecule has 1 heterocycles. The van der Waals surface area contributed by atoms with E-state index in [4.69, 9.17) is 0 Å². The first kappa shape index (κ1) is 14.9. The van der Waals surface area contributed by atoms with Crippen LogP contribution in [0.5, 0.6) is 0 Å². The van der Waals surface area contributed by atoms with Crippen LogP contribution in [0.3, 0.4) is 0 Å². The number of esters is 1. The molecule has 0 amide bonds. The van der Waals surface area contributed by atoms with Gasteiger partial charge in [-0.25, -0.2) is 22.6 Å². The van der Waals surface area contributed by atoms with E-state index < -0.39 is 27.6 Å². The molecular formula is C13H11FN2O4S. The molecule has 0 fully saturated rings. The number of sulfonamides is 1. The largest absolute Gasteiger partial charge is 0.465 e. The Morgan fingerprint density at radius 1 is 1.29 bits per heavy atom. The van der Waals surface area contributed by atoms with E-state index in [1.807, 2.05) is 4.72 Å². The van der Waals surface area contributed by atoms with E-state index in [0.717, 1.165) is 19.4 Å². The maximum Gasteiger partial charge on any atom is 0.339 e. The first-order valence-electron chi connectivity index (χ1n) is 5.76. The summed E-state index contributed by atoms with van der Waals surface area (Å²) in [6.45, 7) is 0. The summed E-state index contributed by atoms with van der Waals surface area (Å²) in [4.78, 5) is 14.8. The number of pyridine rings is 1. The van der Waals surface area contributed by atoms with Gasteiger partial charge in [0.1, 0.15) is 0 Å². The van der Waals surface area contributed by atoms with Crippen LogP contribution in [-0.4, -0.2) is 26.5 Å². The molecule has 0 radical (unpaired) electrons. The molecule has 110 valence electrons. The van der Waals surface area contributed by atoms with Crippen LogP contribution in [0.25, 0.3) is 0 Å². The van der Waals surface area contributed by atoms with Gasteiger partial charge < -0.3 is 4.74 Å². The minimum atomic E-state index is -3.94. The molecule has 0 atom stereocenters. The summed E-state index contributed by atoms with van der Waals surface area (Å²) in [5.74, 6) is -2.23. The van der Waals surface area contributed by atoms with Gasteiger partial charge in [0.25, 0.3) is 10.0 Å². The molecule has 0 aliphatic heterocycles. The monoisotopic (exact) mass is 310 g/mol. The highest BCUT2D eigenvalue weighted by molar-refractivity contribution is 7.92. The van der Waals surface area contributed by atoms with E-state index in [9.17, 15) is 17.6 Å². The highest BCUT2D eigenvalue weighted by atomic mass is 32.2. The molecule has 0 saturated carbocycles. The molecule has 0 aliphatic carbocycles. The van der Waals surface area contributed by atoms with Crippen molar-refractivity contribution in [1.29, 1.82) is 0 Å². The summed E-state index contributed by atoms with van der Waals surface area (Å²) in [6, 6.07) is 8.31. The number of anilines is 1. The number of carbonyl (C=O) groups excluding carboxylic acids is 1. The smallest absolute Gasteiger partial charge is 0.339 e. The minimum absolute atomic E-state index is 0.0248. The summed E-state index contributed by atoms with van der Waals surface area (Å²) in [7, 11) is -2.80. The van der Waals surface area contributed by atoms with Crippen molar-refractivity contribution >= 4 is 21.8 Å². The van der Waals surface area contributed by atoms with Crippen LogP contribution < -0.4 is 4.72 Å². The molecular weight excluding hydrogens is 299 g/mol. The zero-order valence-corrected chi connectivity index (χ0v) is 11.7. The van der Waals surface area contributed by atoms with Crippen molar-refractivity contribution in [2.45, 2.75) is 4.90 Å². The molecule has 1 aromatic heterocycles. The predicted octanol–water partition coefficient (Wildman–Crippen LogP) is 1.81. The number of hydrogen-bond donors (Lipinski definition) is 1. The second kappa shape index (κ2) is 5.88. The molecule has 0 bridgehead atoms. The molecule has 2 aromatic rings. The lowest BCUT2D eigenvalue weighted by molar-refractivity contribution is 0.0599.